The first-order valence-corrected chi connectivity index (χ1v) is 7.97. The van der Waals surface area contributed by atoms with E-state index in [0.29, 0.717) is 30.9 Å². The lowest BCUT2D eigenvalue weighted by molar-refractivity contribution is -0.899. The Morgan fingerprint density at radius 2 is 1.90 bits per heavy atom. The zero-order chi connectivity index (χ0) is 15.3. The van der Waals surface area contributed by atoms with E-state index in [2.05, 4.69) is 47.7 Å². The molecule has 0 fully saturated rings. The van der Waals surface area contributed by atoms with Crippen molar-refractivity contribution in [2.45, 2.75) is 41.0 Å². The number of halogens is 1. The molecule has 0 aliphatic heterocycles. The summed E-state index contributed by atoms with van der Waals surface area (Å²) in [7, 11) is 2.11. The van der Waals surface area contributed by atoms with Gasteiger partial charge in [0.2, 0.25) is 0 Å². The number of rotatable bonds is 6. The van der Waals surface area contributed by atoms with Gasteiger partial charge < -0.3 is 33.2 Å². The van der Waals surface area contributed by atoms with Crippen LogP contribution in [-0.4, -0.2) is 43.7 Å². The Morgan fingerprint density at radius 3 is 2.38 bits per heavy atom. The number of hydrogen-bond acceptors (Lipinski definition) is 2. The fourth-order valence-corrected chi connectivity index (χ4v) is 3.13. The molecule has 0 aromatic rings. The first-order valence-electron chi connectivity index (χ1n) is 7.97. The van der Waals surface area contributed by atoms with E-state index in [1.165, 1.54) is 5.57 Å². The van der Waals surface area contributed by atoms with E-state index in [0.717, 1.165) is 24.0 Å². The van der Waals surface area contributed by atoms with E-state index in [1.54, 1.807) is 0 Å². The van der Waals surface area contributed by atoms with Crippen molar-refractivity contribution in [3.8, 4) is 0 Å². The first kappa shape index (κ1) is 20.9. The molecule has 124 valence electrons. The minimum atomic E-state index is -0.0538. The normalized spacial score (nSPS) is 25.8. The van der Waals surface area contributed by atoms with E-state index in [1.807, 2.05) is 0 Å². The second-order valence-electron chi connectivity index (χ2n) is 6.81. The molecule has 1 aliphatic carbocycles. The largest absolute Gasteiger partial charge is 1.00 e. The van der Waals surface area contributed by atoms with Gasteiger partial charge in [-0.3, -0.25) is 0 Å². The van der Waals surface area contributed by atoms with Gasteiger partial charge in [-0.05, 0) is 39.0 Å². The van der Waals surface area contributed by atoms with Gasteiger partial charge in [0.25, 0.3) is 0 Å². The Labute approximate surface area is 147 Å². The van der Waals surface area contributed by atoms with Crippen molar-refractivity contribution in [1.82, 2.24) is 0 Å². The van der Waals surface area contributed by atoms with Crippen LogP contribution in [0.1, 0.15) is 41.0 Å². The summed E-state index contributed by atoms with van der Waals surface area (Å²) in [6, 6.07) is 0. The molecule has 0 heterocycles. The Balaban J connectivity index is 0.00000400. The van der Waals surface area contributed by atoms with Crippen molar-refractivity contribution in [2.24, 2.45) is 17.8 Å². The Hall–Kier alpha value is -0.100. The summed E-state index contributed by atoms with van der Waals surface area (Å²) in [6.07, 6.45) is 3.46. The van der Waals surface area contributed by atoms with Crippen LogP contribution in [0.4, 0.5) is 0 Å². The zero-order valence-electron chi connectivity index (χ0n) is 14.5. The fraction of sp³-hybridized carbons (Fsp3) is 0.824. The average Bonchev–Trinajstić information content (AvgIpc) is 2.37. The first-order chi connectivity index (χ1) is 9.31. The van der Waals surface area contributed by atoms with Gasteiger partial charge >= 0.3 is 5.97 Å². The van der Waals surface area contributed by atoms with Crippen molar-refractivity contribution in [2.75, 3.05) is 33.3 Å². The molecule has 1 aliphatic rings. The standard InChI is InChI=1S/C17H32NO2.HI/c1-7-18(6,8-2)11-17(19)20-12-16-14(4)9-13(3)10-15(16)5;/h9,14-16H,7-8,10-12H2,1-6H3;1H/q+1;/p-1. The lowest BCUT2D eigenvalue weighted by atomic mass is 9.75. The summed E-state index contributed by atoms with van der Waals surface area (Å²) in [5.41, 5.74) is 1.47. The predicted molar refractivity (Wildman–Crippen MR) is 83.3 cm³/mol. The summed E-state index contributed by atoms with van der Waals surface area (Å²) in [6.45, 7) is 13.9. The molecule has 0 aromatic heterocycles. The number of carbonyl (C=O) groups is 1. The molecular formula is C17H32INO2. The molecule has 3 atom stereocenters. The van der Waals surface area contributed by atoms with Crippen LogP contribution < -0.4 is 24.0 Å². The molecule has 0 bridgehead atoms. The molecule has 0 saturated carbocycles. The Kier molecular flexibility index (Phi) is 9.09. The highest BCUT2D eigenvalue weighted by molar-refractivity contribution is 5.70. The number of esters is 1. The van der Waals surface area contributed by atoms with Gasteiger partial charge in [-0.2, -0.15) is 0 Å². The van der Waals surface area contributed by atoms with Crippen LogP contribution in [0.5, 0.6) is 0 Å². The summed E-state index contributed by atoms with van der Waals surface area (Å²) < 4.78 is 6.33. The lowest BCUT2D eigenvalue weighted by Gasteiger charge is -2.34. The van der Waals surface area contributed by atoms with Crippen LogP contribution in [0.25, 0.3) is 0 Å². The molecular weight excluding hydrogens is 377 g/mol. The number of quaternary nitrogens is 1. The maximum absolute atomic E-state index is 12.0. The van der Waals surface area contributed by atoms with Crippen LogP contribution in [-0.2, 0) is 9.53 Å². The summed E-state index contributed by atoms with van der Waals surface area (Å²) in [5, 5.41) is 0. The fourth-order valence-electron chi connectivity index (χ4n) is 3.13. The van der Waals surface area contributed by atoms with Crippen LogP contribution in [0.15, 0.2) is 11.6 Å². The summed E-state index contributed by atoms with van der Waals surface area (Å²) in [4.78, 5) is 12.0. The topological polar surface area (TPSA) is 26.3 Å². The second kappa shape index (κ2) is 9.13. The third-order valence-electron chi connectivity index (χ3n) is 5.07. The number of nitrogens with zero attached hydrogens (tertiary/aromatic N) is 1. The minimum Gasteiger partial charge on any atom is -1.00 e. The van der Waals surface area contributed by atoms with Crippen LogP contribution in [0, 0.1) is 17.8 Å². The van der Waals surface area contributed by atoms with Crippen molar-refractivity contribution in [1.29, 1.82) is 0 Å². The van der Waals surface area contributed by atoms with E-state index in [4.69, 9.17) is 4.74 Å². The highest BCUT2D eigenvalue weighted by atomic mass is 127. The van der Waals surface area contributed by atoms with E-state index >= 15 is 0 Å². The van der Waals surface area contributed by atoms with E-state index < -0.39 is 0 Å². The van der Waals surface area contributed by atoms with Gasteiger partial charge in [-0.15, -0.1) is 0 Å². The minimum absolute atomic E-state index is 0. The molecule has 0 radical (unpaired) electrons. The van der Waals surface area contributed by atoms with Gasteiger partial charge in [-0.1, -0.05) is 25.5 Å². The lowest BCUT2D eigenvalue weighted by Crippen LogP contribution is -3.00. The number of carbonyl (C=O) groups excluding carboxylic acids is 1. The second-order valence-corrected chi connectivity index (χ2v) is 6.81. The SMILES string of the molecule is CC[N+](C)(CC)CC(=O)OCC1C(C)C=C(C)CC1C.[I-]. The highest BCUT2D eigenvalue weighted by Crippen LogP contribution is 2.33. The smallest absolute Gasteiger partial charge is 0.361 e. The summed E-state index contributed by atoms with van der Waals surface area (Å²) >= 11 is 0. The maximum atomic E-state index is 12.0. The van der Waals surface area contributed by atoms with E-state index in [-0.39, 0.29) is 29.9 Å². The molecule has 0 saturated heterocycles. The van der Waals surface area contributed by atoms with Gasteiger partial charge in [0.1, 0.15) is 0 Å². The molecule has 21 heavy (non-hydrogen) atoms. The van der Waals surface area contributed by atoms with Crippen molar-refractivity contribution in [3.05, 3.63) is 11.6 Å². The van der Waals surface area contributed by atoms with E-state index in [9.17, 15) is 4.79 Å². The Bertz CT molecular complexity index is 364. The molecule has 0 N–H and O–H groups in total. The molecule has 0 aromatic carbocycles. The maximum Gasteiger partial charge on any atom is 0.361 e. The molecule has 0 spiro atoms. The van der Waals surface area contributed by atoms with Crippen LogP contribution >= 0.6 is 0 Å². The predicted octanol–water partition coefficient (Wildman–Crippen LogP) is 0.258. The zero-order valence-corrected chi connectivity index (χ0v) is 16.6. The van der Waals surface area contributed by atoms with Gasteiger partial charge in [0.05, 0.1) is 26.7 Å². The van der Waals surface area contributed by atoms with Crippen molar-refractivity contribution >= 4 is 5.97 Å². The molecule has 0 amide bonds. The van der Waals surface area contributed by atoms with Crippen molar-refractivity contribution in [3.63, 3.8) is 0 Å². The average molecular weight is 409 g/mol. The Morgan fingerprint density at radius 1 is 1.33 bits per heavy atom. The molecule has 1 rings (SSSR count). The van der Waals surface area contributed by atoms with Crippen LogP contribution in [0.3, 0.4) is 0 Å². The number of likely N-dealkylation sites (N-methyl/N-ethyl adjacent to an activating group) is 1. The quantitative estimate of drug-likeness (QED) is 0.272. The van der Waals surface area contributed by atoms with Gasteiger partial charge in [0, 0.05) is 5.92 Å². The third-order valence-corrected chi connectivity index (χ3v) is 5.07. The monoisotopic (exact) mass is 409 g/mol. The number of ether oxygens (including phenoxy) is 1. The van der Waals surface area contributed by atoms with Crippen molar-refractivity contribution < 1.29 is 38.0 Å². The number of allylic oxidation sites excluding steroid dienone is 2. The molecule has 3 unspecified atom stereocenters. The molecule has 3 nitrogen and oxygen atoms in total. The van der Waals surface area contributed by atoms with Gasteiger partial charge in [-0.25, -0.2) is 4.79 Å². The third kappa shape index (κ3) is 6.27. The summed E-state index contributed by atoms with van der Waals surface area (Å²) in [5.74, 6) is 1.51. The van der Waals surface area contributed by atoms with Crippen LogP contribution in [0.2, 0.25) is 0 Å². The highest BCUT2D eigenvalue weighted by Gasteiger charge is 2.29. The number of hydrogen-bond donors (Lipinski definition) is 0. The molecule has 4 heteroatoms. The van der Waals surface area contributed by atoms with Gasteiger partial charge in [0.15, 0.2) is 6.54 Å².